The molecule has 4 rings (SSSR count). The molecule has 4 N–H and O–H groups in total. The van der Waals surface area contributed by atoms with Gasteiger partial charge >= 0.3 is 0 Å². The Morgan fingerprint density at radius 3 is 2.96 bits per heavy atom. The minimum absolute atomic E-state index is 0.0358. The molecule has 0 bridgehead atoms. The number of aliphatic hydroxyl groups is 1. The Bertz CT molecular complexity index is 976. The highest BCUT2D eigenvalue weighted by atomic mass is 16.3. The molecule has 6 heteroatoms. The number of rotatable bonds is 7. The van der Waals surface area contributed by atoms with E-state index >= 15 is 0 Å². The zero-order valence-corrected chi connectivity index (χ0v) is 15.5. The average molecular weight is 363 g/mol. The fourth-order valence-electron chi connectivity index (χ4n) is 3.65. The molecule has 0 saturated heterocycles. The molecule has 0 amide bonds. The molecule has 0 radical (unpaired) electrons. The largest absolute Gasteiger partial charge is 0.375 e. The first-order chi connectivity index (χ1) is 13.1. The third kappa shape index (κ3) is 3.96. The van der Waals surface area contributed by atoms with Gasteiger partial charge in [0.25, 0.3) is 0 Å². The summed E-state index contributed by atoms with van der Waals surface area (Å²) >= 11 is 0. The van der Waals surface area contributed by atoms with E-state index in [4.69, 9.17) is 5.73 Å². The molecule has 1 aromatic rings. The van der Waals surface area contributed by atoms with Crippen molar-refractivity contribution in [2.24, 2.45) is 5.73 Å². The predicted octanol–water partition coefficient (Wildman–Crippen LogP) is 0.160. The van der Waals surface area contributed by atoms with E-state index in [1.807, 2.05) is 12.2 Å². The Morgan fingerprint density at radius 1 is 1.41 bits per heavy atom. The number of nitrogens with zero attached hydrogens (tertiary/aromatic N) is 3. The van der Waals surface area contributed by atoms with Crippen molar-refractivity contribution in [3.8, 4) is 0 Å². The monoisotopic (exact) mass is 363 g/mol. The molecule has 2 atom stereocenters. The van der Waals surface area contributed by atoms with Crippen LogP contribution >= 0.6 is 0 Å². The Labute approximate surface area is 158 Å². The molecule has 1 fully saturated rings. The standard InChI is InChI=1S/C21H25N5O/c1-26(15-10-11-15)12-18(14-6-3-2-4-7-14)25-21-17-9-5-8-16(20(22)27)19(17)23-13-24-21/h2-3,6,9,13,15,18,20,27H,5,8,10-12,22H2,1H3,(H,23,24,25)/t18-,20?/m1/s1. The van der Waals surface area contributed by atoms with Gasteiger partial charge < -0.3 is 21.1 Å². The molecule has 1 aromatic heterocycles. The van der Waals surface area contributed by atoms with Crippen LogP contribution in [0.4, 0.5) is 5.82 Å². The first-order valence-electron chi connectivity index (χ1n) is 9.46. The van der Waals surface area contributed by atoms with Gasteiger partial charge in [-0.2, -0.15) is 0 Å². The number of hydrogen-bond donors (Lipinski definition) is 3. The number of allylic oxidation sites excluding steroid dienone is 2. The summed E-state index contributed by atoms with van der Waals surface area (Å²) in [4.78, 5) is 11.3. The van der Waals surface area contributed by atoms with Crippen LogP contribution in [0.2, 0.25) is 0 Å². The maximum absolute atomic E-state index is 9.89. The highest BCUT2D eigenvalue weighted by Gasteiger charge is 2.29. The lowest BCUT2D eigenvalue weighted by Crippen LogP contribution is -2.43. The van der Waals surface area contributed by atoms with Gasteiger partial charge in [-0.25, -0.2) is 9.97 Å². The quantitative estimate of drug-likeness (QED) is 0.473. The molecule has 3 aliphatic carbocycles. The number of aromatic nitrogens is 2. The summed E-state index contributed by atoms with van der Waals surface area (Å²) in [6.45, 7) is 0.855. The fourth-order valence-corrected chi connectivity index (χ4v) is 3.65. The maximum atomic E-state index is 9.89. The van der Waals surface area contributed by atoms with E-state index in [0.717, 1.165) is 46.9 Å². The Balaban J connectivity index is 1.71. The molecule has 140 valence electrons. The molecule has 1 saturated carbocycles. The van der Waals surface area contributed by atoms with E-state index < -0.39 is 6.23 Å². The predicted molar refractivity (Wildman–Crippen MR) is 106 cm³/mol. The fraction of sp³-hybridized carbons (Fsp3) is 0.429. The molecule has 27 heavy (non-hydrogen) atoms. The molecule has 1 unspecified atom stereocenters. The van der Waals surface area contributed by atoms with Crippen LogP contribution in [0.25, 0.3) is 11.6 Å². The van der Waals surface area contributed by atoms with E-state index in [0.29, 0.717) is 6.04 Å². The van der Waals surface area contributed by atoms with Crippen LogP contribution in [-0.4, -0.2) is 51.9 Å². The summed E-state index contributed by atoms with van der Waals surface area (Å²) in [5.41, 5.74) is 13.8. The van der Waals surface area contributed by atoms with E-state index in [2.05, 4.69) is 50.8 Å². The number of nitrogens with one attached hydrogen (secondary N) is 1. The lowest BCUT2D eigenvalue weighted by molar-refractivity contribution is 0.235. The smallest absolute Gasteiger partial charge is 0.137 e. The summed E-state index contributed by atoms with van der Waals surface area (Å²) in [5, 5.41) is 15.1. The topological polar surface area (TPSA) is 87.3 Å². The normalized spacial score (nSPS) is 20.1. The van der Waals surface area contributed by atoms with E-state index in [1.54, 1.807) is 0 Å². The minimum Gasteiger partial charge on any atom is -0.375 e. The van der Waals surface area contributed by atoms with Crippen LogP contribution < -0.4 is 21.6 Å². The van der Waals surface area contributed by atoms with E-state index in [9.17, 15) is 5.11 Å². The van der Waals surface area contributed by atoms with E-state index in [1.165, 1.54) is 19.2 Å². The van der Waals surface area contributed by atoms with Gasteiger partial charge in [0.05, 0.1) is 11.4 Å². The van der Waals surface area contributed by atoms with Gasteiger partial charge in [-0.15, -0.1) is 0 Å². The molecule has 0 spiro atoms. The highest BCUT2D eigenvalue weighted by molar-refractivity contribution is 5.57. The summed E-state index contributed by atoms with van der Waals surface area (Å²) < 4.78 is 0. The van der Waals surface area contributed by atoms with E-state index in [-0.39, 0.29) is 6.04 Å². The molecule has 6 nitrogen and oxygen atoms in total. The van der Waals surface area contributed by atoms with Crippen LogP contribution in [-0.2, 0) is 0 Å². The van der Waals surface area contributed by atoms with Crippen molar-refractivity contribution in [3.63, 3.8) is 0 Å². The second-order valence-corrected chi connectivity index (χ2v) is 7.32. The third-order valence-electron chi connectivity index (χ3n) is 5.31. The van der Waals surface area contributed by atoms with Gasteiger partial charge in [-0.1, -0.05) is 23.6 Å². The molecule has 3 aliphatic rings. The van der Waals surface area contributed by atoms with Gasteiger partial charge in [-0.05, 0) is 50.5 Å². The number of hydrogen-bond acceptors (Lipinski definition) is 6. The van der Waals surface area contributed by atoms with Gasteiger partial charge in [0.1, 0.15) is 18.4 Å². The van der Waals surface area contributed by atoms with Crippen LogP contribution in [0, 0.1) is 0 Å². The third-order valence-corrected chi connectivity index (χ3v) is 5.31. The lowest BCUT2D eigenvalue weighted by Gasteiger charge is -2.26. The van der Waals surface area contributed by atoms with Crippen molar-refractivity contribution < 1.29 is 5.11 Å². The molecule has 0 aliphatic heterocycles. The van der Waals surface area contributed by atoms with Crippen molar-refractivity contribution in [2.45, 2.75) is 44.0 Å². The zero-order valence-electron chi connectivity index (χ0n) is 15.5. The Morgan fingerprint density at radius 2 is 2.26 bits per heavy atom. The highest BCUT2D eigenvalue weighted by Crippen LogP contribution is 2.26. The van der Waals surface area contributed by atoms with Crippen LogP contribution in [0.5, 0.6) is 0 Å². The molecular formula is C21H25N5O. The lowest BCUT2D eigenvalue weighted by atomic mass is 10.0. The van der Waals surface area contributed by atoms with Crippen molar-refractivity contribution >= 4 is 17.5 Å². The van der Waals surface area contributed by atoms with Crippen LogP contribution in [0.3, 0.4) is 0 Å². The molecule has 1 heterocycles. The number of anilines is 1. The first-order valence-corrected chi connectivity index (χ1v) is 9.46. The van der Waals surface area contributed by atoms with Crippen LogP contribution in [0.1, 0.15) is 25.7 Å². The Hall–Kier alpha value is -2.46. The summed E-state index contributed by atoms with van der Waals surface area (Å²) in [7, 11) is 2.16. The molecule has 0 aromatic carbocycles. The second-order valence-electron chi connectivity index (χ2n) is 7.32. The summed E-state index contributed by atoms with van der Waals surface area (Å²) in [6, 6.07) is 0.703. The summed E-state index contributed by atoms with van der Waals surface area (Å²) in [5.74, 6) is 0.768. The van der Waals surface area contributed by atoms with Crippen LogP contribution in [0.15, 0.2) is 41.6 Å². The molecular weight excluding hydrogens is 338 g/mol. The van der Waals surface area contributed by atoms with Gasteiger partial charge in [0.2, 0.25) is 0 Å². The average Bonchev–Trinajstić information content (AvgIpc) is 3.53. The number of fused-ring (bicyclic) bond motifs is 1. The van der Waals surface area contributed by atoms with Gasteiger partial charge in [0.15, 0.2) is 0 Å². The van der Waals surface area contributed by atoms with Crippen molar-refractivity contribution in [1.82, 2.24) is 14.9 Å². The van der Waals surface area contributed by atoms with Crippen molar-refractivity contribution in [1.29, 1.82) is 0 Å². The second kappa shape index (κ2) is 7.65. The number of likely N-dealkylation sites (N-methyl/N-ethyl adjacent to an activating group) is 1. The van der Waals surface area contributed by atoms with Gasteiger partial charge in [-0.3, -0.25) is 0 Å². The first kappa shape index (κ1) is 17.9. The SMILES string of the molecule is CN(C[C@@H](Nc1ncnc2c1=CCCC=2C(N)O)C1=C=C=CC=C1)C1CC1. The van der Waals surface area contributed by atoms with Crippen molar-refractivity contribution in [2.75, 3.05) is 18.9 Å². The van der Waals surface area contributed by atoms with Crippen molar-refractivity contribution in [3.05, 3.63) is 52.2 Å². The number of aliphatic hydroxyl groups excluding tert-OH is 1. The number of nitrogens with two attached hydrogens (primary N) is 1. The minimum atomic E-state index is -0.992. The van der Waals surface area contributed by atoms with Gasteiger partial charge in [0, 0.05) is 23.4 Å². The zero-order chi connectivity index (χ0) is 18.8. The maximum Gasteiger partial charge on any atom is 0.137 e. The summed E-state index contributed by atoms with van der Waals surface area (Å²) in [6.07, 6.45) is 12.6. The Kier molecular flexibility index (Phi) is 5.08.